The molecule has 0 aliphatic rings. The number of rotatable bonds is 4. The molecule has 0 saturated heterocycles. The lowest BCUT2D eigenvalue weighted by molar-refractivity contribution is -0.149. The Bertz CT molecular complexity index is 421. The zero-order valence-electron chi connectivity index (χ0n) is 9.29. The third-order valence-corrected chi connectivity index (χ3v) is 2.87. The van der Waals surface area contributed by atoms with Gasteiger partial charge in [-0.2, -0.15) is 21.6 Å². The van der Waals surface area contributed by atoms with Crippen LogP contribution in [0.3, 0.4) is 0 Å². The van der Waals surface area contributed by atoms with E-state index in [0.29, 0.717) is 0 Å². The Morgan fingerprint density at radius 2 is 1.65 bits per heavy atom. The van der Waals surface area contributed by atoms with Gasteiger partial charge >= 0.3 is 21.6 Å². The highest BCUT2D eigenvalue weighted by Crippen LogP contribution is 2.33. The van der Waals surface area contributed by atoms with Gasteiger partial charge in [0, 0.05) is 0 Å². The topological polar surface area (TPSA) is 69.7 Å². The van der Waals surface area contributed by atoms with E-state index in [2.05, 4.69) is 15.5 Å². The largest absolute Gasteiger partial charge is 0.534 e. The van der Waals surface area contributed by atoms with E-state index in [1.54, 1.807) is 0 Å². The first kappa shape index (κ1) is 15.8. The van der Waals surface area contributed by atoms with Gasteiger partial charge < -0.3 is 8.92 Å². The Hall–Kier alpha value is -1.25. The SMILES string of the molecule is C=C(OS(=O)(=O)C(F)(F)F)C(C)(C)C(=O)OC. The van der Waals surface area contributed by atoms with Crippen molar-refractivity contribution in [2.75, 3.05) is 7.11 Å². The zero-order chi connectivity index (χ0) is 14.1. The predicted molar refractivity (Wildman–Crippen MR) is 51.0 cm³/mol. The van der Waals surface area contributed by atoms with E-state index in [-0.39, 0.29) is 0 Å². The number of esters is 1. The Balaban J connectivity index is 5.09. The molecule has 0 aromatic rings. The minimum Gasteiger partial charge on any atom is -0.468 e. The van der Waals surface area contributed by atoms with Crippen molar-refractivity contribution in [3.63, 3.8) is 0 Å². The van der Waals surface area contributed by atoms with Gasteiger partial charge in [-0.25, -0.2) is 0 Å². The first-order chi connectivity index (χ1) is 7.36. The fourth-order valence-corrected chi connectivity index (χ4v) is 1.22. The molecule has 0 N–H and O–H groups in total. The van der Waals surface area contributed by atoms with Crippen LogP contribution in [-0.4, -0.2) is 27.0 Å². The first-order valence-electron chi connectivity index (χ1n) is 4.15. The molecule has 100 valence electrons. The predicted octanol–water partition coefficient (Wildman–Crippen LogP) is 1.57. The van der Waals surface area contributed by atoms with E-state index < -0.39 is 32.8 Å². The van der Waals surface area contributed by atoms with E-state index >= 15 is 0 Å². The maximum absolute atomic E-state index is 12.0. The highest BCUT2D eigenvalue weighted by Gasteiger charge is 2.50. The van der Waals surface area contributed by atoms with E-state index in [9.17, 15) is 26.4 Å². The molecule has 0 bridgehead atoms. The lowest BCUT2D eigenvalue weighted by atomic mass is 9.92. The molecule has 17 heavy (non-hydrogen) atoms. The number of hydrogen-bond acceptors (Lipinski definition) is 5. The van der Waals surface area contributed by atoms with Crippen LogP contribution in [0.1, 0.15) is 13.8 Å². The van der Waals surface area contributed by atoms with Gasteiger partial charge in [-0.3, -0.25) is 4.79 Å². The lowest BCUT2D eigenvalue weighted by Gasteiger charge is -2.23. The zero-order valence-corrected chi connectivity index (χ0v) is 10.1. The van der Waals surface area contributed by atoms with E-state index in [1.807, 2.05) is 0 Å². The average molecular weight is 276 g/mol. The maximum atomic E-state index is 12.0. The molecule has 9 heteroatoms. The van der Waals surface area contributed by atoms with Crippen molar-refractivity contribution in [1.29, 1.82) is 0 Å². The second kappa shape index (κ2) is 4.55. The molecule has 0 spiro atoms. The summed E-state index contributed by atoms with van der Waals surface area (Å²) in [5, 5.41) is 0. The van der Waals surface area contributed by atoms with Gasteiger partial charge in [0.15, 0.2) is 0 Å². The average Bonchev–Trinajstić information content (AvgIpc) is 2.13. The molecular formula is C8H11F3O5S. The van der Waals surface area contributed by atoms with E-state index in [1.165, 1.54) is 0 Å². The van der Waals surface area contributed by atoms with Crippen molar-refractivity contribution in [2.45, 2.75) is 19.4 Å². The van der Waals surface area contributed by atoms with Crippen LogP contribution in [0.25, 0.3) is 0 Å². The third kappa shape index (κ3) is 3.35. The summed E-state index contributed by atoms with van der Waals surface area (Å²) in [7, 11) is -4.83. The van der Waals surface area contributed by atoms with Gasteiger partial charge in [-0.15, -0.1) is 0 Å². The molecule has 0 unspecified atom stereocenters. The van der Waals surface area contributed by atoms with Crippen molar-refractivity contribution in [2.24, 2.45) is 5.41 Å². The number of alkyl halides is 3. The maximum Gasteiger partial charge on any atom is 0.534 e. The standard InChI is InChI=1S/C8H11F3O5S/c1-5(7(2,3)6(12)15-4)16-17(13,14)8(9,10)11/h1H2,2-4H3. The molecule has 0 heterocycles. The highest BCUT2D eigenvalue weighted by atomic mass is 32.2. The van der Waals surface area contributed by atoms with Crippen molar-refractivity contribution in [1.82, 2.24) is 0 Å². The third-order valence-electron chi connectivity index (χ3n) is 1.89. The fourth-order valence-electron chi connectivity index (χ4n) is 0.653. The van der Waals surface area contributed by atoms with Gasteiger partial charge in [0.1, 0.15) is 11.2 Å². The molecule has 0 aliphatic heterocycles. The second-order valence-corrected chi connectivity index (χ2v) is 5.06. The summed E-state index contributed by atoms with van der Waals surface area (Å²) < 4.78 is 65.3. The molecule has 5 nitrogen and oxygen atoms in total. The van der Waals surface area contributed by atoms with E-state index in [0.717, 1.165) is 21.0 Å². The van der Waals surface area contributed by atoms with Gasteiger partial charge in [-0.1, -0.05) is 6.58 Å². The summed E-state index contributed by atoms with van der Waals surface area (Å²) >= 11 is 0. The van der Waals surface area contributed by atoms with Gasteiger partial charge in [0.2, 0.25) is 0 Å². The lowest BCUT2D eigenvalue weighted by Crippen LogP contribution is -2.33. The molecule has 0 aromatic heterocycles. The highest BCUT2D eigenvalue weighted by molar-refractivity contribution is 7.87. The molecule has 0 aromatic carbocycles. The van der Waals surface area contributed by atoms with Crippen molar-refractivity contribution in [3.8, 4) is 0 Å². The smallest absolute Gasteiger partial charge is 0.468 e. The molecule has 0 radical (unpaired) electrons. The summed E-state index contributed by atoms with van der Waals surface area (Å²) in [4.78, 5) is 11.2. The number of hydrogen-bond donors (Lipinski definition) is 0. The normalized spacial score (nSPS) is 13.1. The van der Waals surface area contributed by atoms with Crippen LogP contribution in [0.15, 0.2) is 12.3 Å². The molecule has 0 atom stereocenters. The molecule has 0 amide bonds. The number of methoxy groups -OCH3 is 1. The van der Waals surface area contributed by atoms with Gasteiger partial charge in [0.25, 0.3) is 0 Å². The number of ether oxygens (including phenoxy) is 1. The van der Waals surface area contributed by atoms with Gasteiger partial charge in [0.05, 0.1) is 7.11 Å². The summed E-state index contributed by atoms with van der Waals surface area (Å²) in [6.07, 6.45) is 0. The van der Waals surface area contributed by atoms with E-state index in [4.69, 9.17) is 0 Å². The number of carbonyl (C=O) groups is 1. The quantitative estimate of drug-likeness (QED) is 0.337. The first-order valence-corrected chi connectivity index (χ1v) is 5.55. The van der Waals surface area contributed by atoms with Crippen LogP contribution in [0.5, 0.6) is 0 Å². The minimum atomic E-state index is -5.83. The van der Waals surface area contributed by atoms with Crippen LogP contribution < -0.4 is 0 Å². The summed E-state index contributed by atoms with van der Waals surface area (Å²) in [6.45, 7) is 5.23. The Labute approximate surface area is 96.3 Å². The van der Waals surface area contributed by atoms with Crippen molar-refractivity contribution in [3.05, 3.63) is 12.3 Å². The van der Waals surface area contributed by atoms with Crippen LogP contribution >= 0.6 is 0 Å². The van der Waals surface area contributed by atoms with Crippen LogP contribution in [-0.2, 0) is 23.8 Å². The number of halogens is 3. The second-order valence-electron chi connectivity index (χ2n) is 3.52. The van der Waals surface area contributed by atoms with Crippen LogP contribution in [0.2, 0.25) is 0 Å². The Morgan fingerprint density at radius 3 is 1.94 bits per heavy atom. The Kier molecular flexibility index (Phi) is 4.22. The monoisotopic (exact) mass is 276 g/mol. The molecular weight excluding hydrogens is 265 g/mol. The van der Waals surface area contributed by atoms with Crippen molar-refractivity contribution >= 4 is 16.1 Å². The van der Waals surface area contributed by atoms with Crippen LogP contribution in [0.4, 0.5) is 13.2 Å². The Morgan fingerprint density at radius 1 is 1.24 bits per heavy atom. The molecule has 0 aliphatic carbocycles. The van der Waals surface area contributed by atoms with Crippen LogP contribution in [0, 0.1) is 5.41 Å². The van der Waals surface area contributed by atoms with Gasteiger partial charge in [-0.05, 0) is 13.8 Å². The molecule has 0 saturated carbocycles. The summed E-state index contributed by atoms with van der Waals surface area (Å²) in [5.41, 5.74) is -7.30. The minimum absolute atomic E-state index is 0.873. The summed E-state index contributed by atoms with van der Waals surface area (Å²) in [6, 6.07) is 0. The number of carbonyl (C=O) groups excluding carboxylic acids is 1. The molecule has 0 fully saturated rings. The fraction of sp³-hybridized carbons (Fsp3) is 0.625. The summed E-state index contributed by atoms with van der Waals surface area (Å²) in [5.74, 6) is -1.85. The molecule has 0 rings (SSSR count). The van der Waals surface area contributed by atoms with Crippen molar-refractivity contribution < 1.29 is 35.3 Å².